The summed E-state index contributed by atoms with van der Waals surface area (Å²) in [6.07, 6.45) is 14.6. The van der Waals surface area contributed by atoms with Gasteiger partial charge in [0.25, 0.3) is 0 Å². The number of aliphatic hydroxyl groups excluding tert-OH is 1. The fourth-order valence-corrected chi connectivity index (χ4v) is 7.22. The van der Waals surface area contributed by atoms with Crippen LogP contribution in [0.25, 0.3) is 0 Å². The van der Waals surface area contributed by atoms with E-state index in [1.165, 1.54) is 75.5 Å². The molecular formula is C54H74ClN2Na5O14S. The number of carbonyl (C=O) groups is 4. The fourth-order valence-electron chi connectivity index (χ4n) is 6.55. The summed E-state index contributed by atoms with van der Waals surface area (Å²) in [5, 5.41) is 69.0. The van der Waals surface area contributed by atoms with E-state index in [0.717, 1.165) is 39.3 Å². The van der Waals surface area contributed by atoms with Gasteiger partial charge in [0.15, 0.2) is 0 Å². The van der Waals surface area contributed by atoms with E-state index in [9.17, 15) is 57.7 Å². The number of benzene rings is 4. The number of aliphatic hydroxyl groups is 1. The van der Waals surface area contributed by atoms with Gasteiger partial charge in [-0.2, -0.15) is 0 Å². The molecule has 0 aliphatic rings. The molecule has 0 unspecified atom stereocenters. The van der Waals surface area contributed by atoms with Gasteiger partial charge in [0, 0.05) is 56.8 Å². The van der Waals surface area contributed by atoms with E-state index in [1.807, 2.05) is 42.5 Å². The quantitative estimate of drug-likeness (QED) is 0.0316. The molecule has 23 heteroatoms. The number of rotatable bonds is 25. The number of phenolic OH excluding ortho intramolecular Hbond substituents is 2. The summed E-state index contributed by atoms with van der Waals surface area (Å²) in [5.41, 5.74) is 4.54. The molecule has 0 atom stereocenters. The number of aliphatic carboxylic acids is 4. The SMILES string of the molecule is CC(C)(C)c1ccc(O)cc1.CC(C)O.CCCCCCCCCCCCc1ccc(S(=O)(=O)[O-])cc1.O=C([O-])CN(CCN(CC(=O)[O-])CC(=O)[O-])CC(=O)[O-].Oc1ccc(Cl)cc1Cc1ccccc1.[Na+].[Na+].[Na+].[Na+].[Na+]. The summed E-state index contributed by atoms with van der Waals surface area (Å²) in [5.74, 6) is -5.49. The van der Waals surface area contributed by atoms with E-state index < -0.39 is 60.2 Å². The van der Waals surface area contributed by atoms with E-state index in [2.05, 4.69) is 27.7 Å². The number of halogens is 1. The molecule has 3 N–H and O–H groups in total. The number of nitrogens with zero attached hydrogens (tertiary/aromatic N) is 2. The van der Waals surface area contributed by atoms with Gasteiger partial charge in [-0.05, 0) is 96.8 Å². The molecule has 0 saturated carbocycles. The van der Waals surface area contributed by atoms with E-state index in [4.69, 9.17) is 21.8 Å². The fraction of sp³-hybridized carbons (Fsp3) is 0.481. The first-order valence-electron chi connectivity index (χ1n) is 24.0. The van der Waals surface area contributed by atoms with Crippen molar-refractivity contribution in [3.8, 4) is 11.5 Å². The predicted molar refractivity (Wildman–Crippen MR) is 269 cm³/mol. The van der Waals surface area contributed by atoms with Crippen molar-refractivity contribution < 1.29 is 216 Å². The van der Waals surface area contributed by atoms with Gasteiger partial charge in [-0.25, -0.2) is 8.42 Å². The number of phenols is 2. The molecule has 4 rings (SSSR count). The van der Waals surface area contributed by atoms with Gasteiger partial charge < -0.3 is 59.5 Å². The van der Waals surface area contributed by atoms with Crippen molar-refractivity contribution in [1.29, 1.82) is 0 Å². The molecule has 0 bridgehead atoms. The van der Waals surface area contributed by atoms with Crippen molar-refractivity contribution in [3.05, 3.63) is 124 Å². The van der Waals surface area contributed by atoms with E-state index in [-0.39, 0.29) is 177 Å². The maximum atomic E-state index is 10.8. The predicted octanol–water partition coefficient (Wildman–Crippen LogP) is -10.6. The summed E-state index contributed by atoms with van der Waals surface area (Å²) in [6.45, 7) is 8.89. The number of carboxylic acid groups (broad SMARTS) is 4. The Kier molecular flexibility index (Phi) is 58.2. The molecule has 4 aromatic rings. The van der Waals surface area contributed by atoms with Crippen LogP contribution in [0, 0.1) is 0 Å². The molecule has 0 heterocycles. The smallest absolute Gasteiger partial charge is 0.744 e. The number of unbranched alkanes of at least 4 members (excludes halogenated alkanes) is 9. The van der Waals surface area contributed by atoms with Gasteiger partial charge in [0.1, 0.15) is 21.6 Å². The third-order valence-electron chi connectivity index (χ3n) is 10.2. The van der Waals surface area contributed by atoms with Crippen LogP contribution < -0.4 is 168 Å². The Morgan fingerprint density at radius 1 is 0.584 bits per heavy atom. The summed E-state index contributed by atoms with van der Waals surface area (Å²) < 4.78 is 32.5. The molecule has 0 amide bonds. The zero-order chi connectivity index (χ0) is 54.7. The van der Waals surface area contributed by atoms with Crippen LogP contribution in [0.3, 0.4) is 0 Å². The van der Waals surface area contributed by atoms with Crippen LogP contribution in [0.5, 0.6) is 11.5 Å². The molecule has 16 nitrogen and oxygen atoms in total. The largest absolute Gasteiger partial charge is 1.00 e. The van der Waals surface area contributed by atoms with Gasteiger partial charge >= 0.3 is 148 Å². The molecular weight excluding hydrogens is 1080 g/mol. The Bertz CT molecular complexity index is 2190. The third kappa shape index (κ3) is 50.9. The Labute approximate surface area is 573 Å². The van der Waals surface area contributed by atoms with Crippen molar-refractivity contribution in [3.63, 3.8) is 0 Å². The zero-order valence-corrected chi connectivity index (χ0v) is 59.1. The van der Waals surface area contributed by atoms with Crippen LogP contribution >= 0.6 is 11.6 Å². The first-order chi connectivity index (χ1) is 33.7. The number of aromatic hydroxyl groups is 2. The normalized spacial score (nSPS) is 10.2. The topological polar surface area (TPSA) is 285 Å². The van der Waals surface area contributed by atoms with E-state index >= 15 is 0 Å². The Morgan fingerprint density at radius 2 is 0.974 bits per heavy atom. The average Bonchev–Trinajstić information content (AvgIpc) is 3.27. The van der Waals surface area contributed by atoms with Crippen LogP contribution in [0.2, 0.25) is 5.02 Å². The molecule has 402 valence electrons. The van der Waals surface area contributed by atoms with Crippen LogP contribution in [-0.2, 0) is 47.6 Å². The first kappa shape index (κ1) is 87.7. The molecule has 0 aromatic heterocycles. The Balaban J connectivity index is -0.000000213. The summed E-state index contributed by atoms with van der Waals surface area (Å²) in [4.78, 5) is 43.3. The third-order valence-corrected chi connectivity index (χ3v) is 11.3. The van der Waals surface area contributed by atoms with Crippen molar-refractivity contribution in [2.45, 2.75) is 135 Å². The molecule has 0 radical (unpaired) electrons. The zero-order valence-electron chi connectivity index (χ0n) is 47.6. The molecule has 77 heavy (non-hydrogen) atoms. The Hall–Kier alpha value is -0.560. The molecule has 0 saturated heterocycles. The summed E-state index contributed by atoms with van der Waals surface area (Å²) >= 11 is 5.87. The minimum absolute atomic E-state index is 0. The molecule has 0 aliphatic heterocycles. The number of hydrogen-bond acceptors (Lipinski definition) is 16. The number of hydrogen-bond donors (Lipinski definition) is 3. The maximum absolute atomic E-state index is 10.8. The minimum Gasteiger partial charge on any atom is -0.744 e. The van der Waals surface area contributed by atoms with Crippen molar-refractivity contribution in [2.75, 3.05) is 39.3 Å². The second-order valence-corrected chi connectivity index (χ2v) is 20.1. The summed E-state index contributed by atoms with van der Waals surface area (Å²) in [7, 11) is -4.31. The van der Waals surface area contributed by atoms with Crippen molar-refractivity contribution in [1.82, 2.24) is 9.80 Å². The van der Waals surface area contributed by atoms with Gasteiger partial charge in [-0.1, -0.05) is 152 Å². The van der Waals surface area contributed by atoms with Crippen LogP contribution in [0.15, 0.2) is 102 Å². The average molecular weight is 1160 g/mol. The van der Waals surface area contributed by atoms with E-state index in [0.29, 0.717) is 22.9 Å². The second-order valence-electron chi connectivity index (χ2n) is 18.3. The Morgan fingerprint density at radius 3 is 1.34 bits per heavy atom. The number of carboxylic acids is 4. The van der Waals surface area contributed by atoms with Crippen LogP contribution in [0.1, 0.15) is 128 Å². The molecule has 0 spiro atoms. The molecule has 0 fully saturated rings. The van der Waals surface area contributed by atoms with Gasteiger partial charge in [-0.3, -0.25) is 9.80 Å². The number of aryl methyl sites for hydroxylation is 1. The minimum atomic E-state index is -4.31. The van der Waals surface area contributed by atoms with Gasteiger partial charge in [0.05, 0.1) is 28.8 Å². The van der Waals surface area contributed by atoms with E-state index in [1.54, 1.807) is 56.3 Å². The van der Waals surface area contributed by atoms with Crippen molar-refractivity contribution >= 4 is 45.6 Å². The second kappa shape index (κ2) is 51.1. The molecule has 4 aromatic carbocycles. The van der Waals surface area contributed by atoms with Crippen molar-refractivity contribution in [2.24, 2.45) is 0 Å². The van der Waals surface area contributed by atoms with Crippen LogP contribution in [-0.4, -0.2) is 107 Å². The standard InChI is InChI=1S/C18H30O3S.C13H11ClO.C10H16N2O8.C10H14O.C3H8O.5Na/c1-2-3-4-5-6-7-8-9-10-11-12-17-13-15-18(16-14-17)22(19,20)21;14-12-6-7-13(15)11(9-12)8-10-4-2-1-3-5-10;13-7(14)3-11(4-8(15)16)1-2-12(5-9(17)18)6-10(19)20;1-10(2,3)8-4-6-9(11)7-5-8;1-3(2)4;;;;;/h13-16H,2-12H2,1H3,(H,19,20,21);1-7,9,15H,8H2;1-6H2,(H,13,14)(H,15,16)(H,17,18)(H,19,20);4-7,11H,1-3H3;3-4H,1-2H3;;;;;/q;;;;;5*+1/p-5. The maximum Gasteiger partial charge on any atom is 1.00 e. The van der Waals surface area contributed by atoms with Crippen LogP contribution in [0.4, 0.5) is 0 Å². The van der Waals surface area contributed by atoms with Gasteiger partial charge in [0.2, 0.25) is 0 Å². The number of carbonyl (C=O) groups excluding carboxylic acids is 4. The van der Waals surface area contributed by atoms with Gasteiger partial charge in [-0.15, -0.1) is 0 Å². The monoisotopic (exact) mass is 1160 g/mol. The first-order valence-corrected chi connectivity index (χ1v) is 25.8. The molecule has 0 aliphatic carbocycles. The summed E-state index contributed by atoms with van der Waals surface area (Å²) in [6, 6.07) is 28.8.